The Hall–Kier alpha value is -1.55. The van der Waals surface area contributed by atoms with Gasteiger partial charge in [-0.1, -0.05) is 31.1 Å². The summed E-state index contributed by atoms with van der Waals surface area (Å²) >= 11 is 0. The van der Waals surface area contributed by atoms with Gasteiger partial charge in [-0.25, -0.2) is 0 Å². The molecule has 3 aliphatic carbocycles. The summed E-state index contributed by atoms with van der Waals surface area (Å²) in [5.74, 6) is 5.59. The van der Waals surface area contributed by atoms with E-state index in [9.17, 15) is 15.0 Å². The summed E-state index contributed by atoms with van der Waals surface area (Å²) < 4.78 is 0. The molecule has 0 saturated heterocycles. The number of allylic oxidation sites excluding steroid dienone is 1. The van der Waals surface area contributed by atoms with Gasteiger partial charge in [0.1, 0.15) is 6.10 Å². The molecule has 4 atom stereocenters. The van der Waals surface area contributed by atoms with Crippen LogP contribution in [0, 0.1) is 29.6 Å². The van der Waals surface area contributed by atoms with Crippen molar-refractivity contribution in [1.82, 2.24) is 5.48 Å². The summed E-state index contributed by atoms with van der Waals surface area (Å²) in [7, 11) is 0. The topological polar surface area (TPSA) is 99.0 Å². The van der Waals surface area contributed by atoms with E-state index >= 15 is 0 Å². The van der Waals surface area contributed by atoms with E-state index in [1.165, 1.54) is 19.3 Å². The Morgan fingerprint density at radius 1 is 1.28 bits per heavy atom. The number of carboxylic acid groups (broad SMARTS) is 1. The number of fused-ring (bicyclic) bond motifs is 1. The highest BCUT2D eigenvalue weighted by atomic mass is 16.6. The van der Waals surface area contributed by atoms with Gasteiger partial charge in [0.2, 0.25) is 0 Å². The molecule has 0 heterocycles. The third-order valence-electron chi connectivity index (χ3n) is 5.64. The molecule has 0 radical (unpaired) electrons. The van der Waals surface area contributed by atoms with Crippen molar-refractivity contribution in [3.63, 3.8) is 0 Å². The minimum atomic E-state index is -0.894. The first-order valence-corrected chi connectivity index (χ1v) is 9.25. The Labute approximate surface area is 148 Å². The van der Waals surface area contributed by atoms with Crippen LogP contribution < -0.4 is 5.48 Å². The molecule has 138 valence electrons. The standard InChI is InChI=1S/C19H27NO5/c21-17(12-4-2-1-3-5-12)7-6-13-14-10-16(15(14)11-18(13)22)20-25-9-8-19(23)24/h12-14,17-18,20-22H,1-5,8-11H2,(H,23,24). The van der Waals surface area contributed by atoms with Crippen LogP contribution in [0.1, 0.15) is 51.4 Å². The first-order valence-electron chi connectivity index (χ1n) is 9.25. The maximum absolute atomic E-state index is 10.4. The number of nitrogens with one attached hydrogen (secondary N) is 1. The van der Waals surface area contributed by atoms with E-state index in [-0.39, 0.29) is 30.8 Å². The van der Waals surface area contributed by atoms with Gasteiger partial charge < -0.3 is 15.3 Å². The highest BCUT2D eigenvalue weighted by Crippen LogP contribution is 2.48. The Kier molecular flexibility index (Phi) is 6.00. The molecule has 3 aliphatic rings. The number of aliphatic hydroxyl groups is 2. The van der Waals surface area contributed by atoms with Crippen LogP contribution in [0.5, 0.6) is 0 Å². The quantitative estimate of drug-likeness (QED) is 0.330. The van der Waals surface area contributed by atoms with Crippen LogP contribution >= 0.6 is 0 Å². The number of hydrogen-bond donors (Lipinski definition) is 4. The lowest BCUT2D eigenvalue weighted by Crippen LogP contribution is -2.30. The molecular formula is C19H27NO5. The van der Waals surface area contributed by atoms with E-state index in [4.69, 9.17) is 9.94 Å². The zero-order valence-electron chi connectivity index (χ0n) is 14.4. The molecule has 0 aliphatic heterocycles. The van der Waals surface area contributed by atoms with Crippen molar-refractivity contribution in [2.75, 3.05) is 6.61 Å². The minimum absolute atomic E-state index is 0.0468. The molecule has 0 bridgehead atoms. The molecule has 6 nitrogen and oxygen atoms in total. The van der Waals surface area contributed by atoms with Crippen LogP contribution in [0.4, 0.5) is 0 Å². The Morgan fingerprint density at radius 2 is 2.04 bits per heavy atom. The number of aliphatic carboxylic acids is 1. The predicted octanol–water partition coefficient (Wildman–Crippen LogP) is 1.58. The molecular weight excluding hydrogens is 322 g/mol. The van der Waals surface area contributed by atoms with Crippen molar-refractivity contribution in [3.8, 4) is 11.8 Å². The third-order valence-corrected chi connectivity index (χ3v) is 5.64. The van der Waals surface area contributed by atoms with Gasteiger partial charge in [0.25, 0.3) is 0 Å². The van der Waals surface area contributed by atoms with Crippen LogP contribution in [-0.4, -0.2) is 40.1 Å². The molecule has 4 N–H and O–H groups in total. The van der Waals surface area contributed by atoms with E-state index < -0.39 is 18.2 Å². The van der Waals surface area contributed by atoms with Gasteiger partial charge in [-0.05, 0) is 37.2 Å². The third kappa shape index (κ3) is 4.35. The average Bonchev–Trinajstić information content (AvgIpc) is 2.84. The van der Waals surface area contributed by atoms with Gasteiger partial charge in [0.05, 0.1) is 25.0 Å². The molecule has 0 amide bonds. The van der Waals surface area contributed by atoms with Gasteiger partial charge in [0.15, 0.2) is 0 Å². The SMILES string of the molecule is O=C(O)CCONC1=C2CC(O)C(C#CC(O)C3CCCCC3)C2C1. The fourth-order valence-corrected chi connectivity index (χ4v) is 4.14. The molecule has 2 fully saturated rings. The largest absolute Gasteiger partial charge is 0.481 e. The molecule has 6 heteroatoms. The molecule has 0 aromatic rings. The first-order chi connectivity index (χ1) is 12.1. The second-order valence-corrected chi connectivity index (χ2v) is 7.34. The maximum atomic E-state index is 10.4. The van der Waals surface area contributed by atoms with Crippen LogP contribution in [0.2, 0.25) is 0 Å². The van der Waals surface area contributed by atoms with E-state index in [0.717, 1.165) is 30.5 Å². The van der Waals surface area contributed by atoms with Crippen molar-refractivity contribution in [1.29, 1.82) is 0 Å². The monoisotopic (exact) mass is 349 g/mol. The molecule has 25 heavy (non-hydrogen) atoms. The summed E-state index contributed by atoms with van der Waals surface area (Å²) in [5, 5.41) is 29.2. The second kappa shape index (κ2) is 8.22. The van der Waals surface area contributed by atoms with Gasteiger partial charge in [-0.15, -0.1) is 0 Å². The highest BCUT2D eigenvalue weighted by Gasteiger charge is 2.45. The van der Waals surface area contributed by atoms with Crippen LogP contribution in [0.25, 0.3) is 0 Å². The molecule has 0 aromatic carbocycles. The van der Waals surface area contributed by atoms with Gasteiger partial charge in [-0.2, -0.15) is 0 Å². The van der Waals surface area contributed by atoms with E-state index in [0.29, 0.717) is 6.42 Å². The maximum Gasteiger partial charge on any atom is 0.305 e. The van der Waals surface area contributed by atoms with Crippen molar-refractivity contribution in [2.24, 2.45) is 17.8 Å². The van der Waals surface area contributed by atoms with E-state index in [1.807, 2.05) is 0 Å². The predicted molar refractivity (Wildman–Crippen MR) is 90.9 cm³/mol. The number of hydroxylamine groups is 1. The van der Waals surface area contributed by atoms with Gasteiger partial charge >= 0.3 is 5.97 Å². The minimum Gasteiger partial charge on any atom is -0.481 e. The number of aliphatic hydroxyl groups excluding tert-OH is 2. The molecule has 3 rings (SSSR count). The molecule has 2 saturated carbocycles. The average molecular weight is 349 g/mol. The lowest BCUT2D eigenvalue weighted by Gasteiger charge is -2.30. The van der Waals surface area contributed by atoms with Gasteiger partial charge in [-0.3, -0.25) is 15.1 Å². The molecule has 0 aromatic heterocycles. The summed E-state index contributed by atoms with van der Waals surface area (Å²) in [6, 6.07) is 0. The number of rotatable bonds is 6. The lowest BCUT2D eigenvalue weighted by molar-refractivity contribution is -0.138. The number of hydrogen-bond acceptors (Lipinski definition) is 5. The van der Waals surface area contributed by atoms with E-state index in [1.54, 1.807) is 0 Å². The zero-order chi connectivity index (χ0) is 17.8. The fraction of sp³-hybridized carbons (Fsp3) is 0.737. The van der Waals surface area contributed by atoms with Crippen LogP contribution in [-0.2, 0) is 9.63 Å². The number of carboxylic acids is 1. The molecule has 4 unspecified atom stereocenters. The summed E-state index contributed by atoms with van der Waals surface area (Å²) in [5.41, 5.74) is 4.87. The van der Waals surface area contributed by atoms with Gasteiger partial charge in [0, 0.05) is 11.6 Å². The smallest absolute Gasteiger partial charge is 0.305 e. The summed E-state index contributed by atoms with van der Waals surface area (Å²) in [4.78, 5) is 15.6. The Bertz CT molecular complexity index is 584. The second-order valence-electron chi connectivity index (χ2n) is 7.34. The first kappa shape index (κ1) is 18.2. The number of carbonyl (C=O) groups is 1. The summed E-state index contributed by atoms with van der Waals surface area (Å²) in [6.45, 7) is 0.107. The Balaban J connectivity index is 1.52. The normalized spacial score (nSPS) is 30.1. The highest BCUT2D eigenvalue weighted by molar-refractivity contribution is 5.66. The Morgan fingerprint density at radius 3 is 2.76 bits per heavy atom. The van der Waals surface area contributed by atoms with Crippen LogP contribution in [0.15, 0.2) is 11.3 Å². The van der Waals surface area contributed by atoms with E-state index in [2.05, 4.69) is 17.3 Å². The van der Waals surface area contributed by atoms with Crippen molar-refractivity contribution in [2.45, 2.75) is 63.6 Å². The van der Waals surface area contributed by atoms with Crippen molar-refractivity contribution in [3.05, 3.63) is 11.3 Å². The van der Waals surface area contributed by atoms with Crippen molar-refractivity contribution >= 4 is 5.97 Å². The summed E-state index contributed by atoms with van der Waals surface area (Å²) in [6.07, 6.45) is 5.84. The zero-order valence-corrected chi connectivity index (χ0v) is 14.4. The lowest BCUT2D eigenvalue weighted by atomic mass is 9.79. The molecule has 0 spiro atoms. The van der Waals surface area contributed by atoms with Crippen LogP contribution in [0.3, 0.4) is 0 Å². The fourth-order valence-electron chi connectivity index (χ4n) is 4.14. The van der Waals surface area contributed by atoms with Crippen molar-refractivity contribution < 1.29 is 25.0 Å².